The van der Waals surface area contributed by atoms with Crippen LogP contribution in [0.2, 0.25) is 0 Å². The van der Waals surface area contributed by atoms with Crippen LogP contribution in [-0.2, 0) is 9.47 Å². The first-order valence-corrected chi connectivity index (χ1v) is 2.43. The van der Waals surface area contributed by atoms with Gasteiger partial charge in [0.25, 0.3) is 12.3 Å². The van der Waals surface area contributed by atoms with Gasteiger partial charge in [0.1, 0.15) is 13.6 Å². The van der Waals surface area contributed by atoms with E-state index in [1.807, 2.05) is 0 Å². The summed E-state index contributed by atoms with van der Waals surface area (Å²) in [4.78, 5) is 18.2. The molecule has 0 aliphatic heterocycles. The molecular formula is C4H7NaO8. The topological polar surface area (TPSA) is 139 Å². The molecule has 0 rings (SSSR count). The molecule has 0 aliphatic rings. The fourth-order valence-electron chi connectivity index (χ4n) is 0.105. The van der Waals surface area contributed by atoms with E-state index >= 15 is 0 Å². The van der Waals surface area contributed by atoms with Gasteiger partial charge in [-0.2, -0.15) is 0 Å². The maximum absolute atomic E-state index is 9.11. The van der Waals surface area contributed by atoms with Gasteiger partial charge in [-0.05, 0) is 0 Å². The van der Waals surface area contributed by atoms with E-state index in [0.29, 0.717) is 0 Å². The first-order chi connectivity index (χ1) is 5.54. The summed E-state index contributed by atoms with van der Waals surface area (Å²) in [7, 11) is 0. The molecule has 0 fully saturated rings. The van der Waals surface area contributed by atoms with Gasteiger partial charge in [-0.15, -0.1) is 0 Å². The summed E-state index contributed by atoms with van der Waals surface area (Å²) < 4.78 is 6.81. The van der Waals surface area contributed by atoms with Crippen LogP contribution in [-0.4, -0.2) is 36.1 Å². The zero-order valence-corrected chi connectivity index (χ0v) is 8.76. The number of rotatable bonds is 2. The molecule has 0 spiro atoms. The quantitative estimate of drug-likeness (QED) is 0.258. The number of aliphatic hydroxyl groups excluding tert-OH is 2. The molecule has 0 heterocycles. The Morgan fingerprint density at radius 3 is 1.31 bits per heavy atom. The minimum Gasteiger partial charge on any atom is -0.524 e. The predicted octanol–water partition coefficient (Wildman–Crippen LogP) is -6.29. The molecule has 0 aromatic heterocycles. The zero-order valence-electron chi connectivity index (χ0n) is 7.76. The Labute approximate surface area is 96.5 Å². The van der Waals surface area contributed by atoms with Gasteiger partial charge >= 0.3 is 31.0 Å². The normalized spacial score (nSPS) is 6.92. The number of hydrogen-bond donors (Lipinski definition) is 2. The summed E-state index contributed by atoms with van der Waals surface area (Å²) >= 11 is 0. The van der Waals surface area contributed by atoms with Crippen LogP contribution in [0.3, 0.4) is 0 Å². The second-order valence-electron chi connectivity index (χ2n) is 1.05. The molecule has 8 nitrogen and oxygen atoms in total. The number of ether oxygens (including phenoxy) is 2. The van der Waals surface area contributed by atoms with Gasteiger partial charge in [0.2, 0.25) is 0 Å². The van der Waals surface area contributed by atoms with Crippen LogP contribution in [0.4, 0.5) is 9.59 Å². The molecule has 0 aliphatic carbocycles. The molecule has 9 heteroatoms. The van der Waals surface area contributed by atoms with Crippen molar-refractivity contribution in [3.05, 3.63) is 0 Å². The fraction of sp³-hybridized carbons (Fsp3) is 0.500. The molecule has 0 atom stereocenters. The van der Waals surface area contributed by atoms with Crippen molar-refractivity contribution >= 4 is 12.3 Å². The molecule has 0 saturated carbocycles. The van der Waals surface area contributed by atoms with E-state index in [0.717, 1.165) is 0 Å². The van der Waals surface area contributed by atoms with Gasteiger partial charge in [0.05, 0.1) is 0 Å². The minimum atomic E-state index is -1.71. The van der Waals surface area contributed by atoms with Crippen molar-refractivity contribution in [1.29, 1.82) is 0 Å². The first-order valence-electron chi connectivity index (χ1n) is 2.43. The minimum absolute atomic E-state index is 0. The number of carbonyl (C=O) groups excluding carboxylic acids is 2. The van der Waals surface area contributed by atoms with Crippen LogP contribution >= 0.6 is 0 Å². The standard InChI is InChI=1S/2C2H4O4.Na/c2*3-1-6-2(4)5;/h2*3H,1H2,(H,4,5);/q;;+1/p-1. The average Bonchev–Trinajstić information content (AvgIpc) is 1.87. The second kappa shape index (κ2) is 14.0. The third-order valence-electron chi connectivity index (χ3n) is 0.365. The number of carbonyl (C=O) groups is 2. The smallest absolute Gasteiger partial charge is 0.524 e. The number of hydrogen-bond acceptors (Lipinski definition) is 8. The van der Waals surface area contributed by atoms with Crippen molar-refractivity contribution in [2.24, 2.45) is 0 Å². The van der Waals surface area contributed by atoms with Crippen molar-refractivity contribution in [3.63, 3.8) is 0 Å². The summed E-state index contributed by atoms with van der Waals surface area (Å²) in [6, 6.07) is 0. The summed E-state index contributed by atoms with van der Waals surface area (Å²) in [5.74, 6) is 0. The molecule has 0 aromatic carbocycles. The van der Waals surface area contributed by atoms with E-state index in [1.54, 1.807) is 0 Å². The molecule has 0 bridgehead atoms. The van der Waals surface area contributed by atoms with E-state index in [4.69, 9.17) is 30.0 Å². The van der Waals surface area contributed by atoms with E-state index in [9.17, 15) is 0 Å². The van der Waals surface area contributed by atoms with Crippen LogP contribution in [0.15, 0.2) is 0 Å². The molecule has 0 aromatic rings. The van der Waals surface area contributed by atoms with Gasteiger partial charge < -0.3 is 39.5 Å². The third kappa shape index (κ3) is 34.4. The Bertz CT molecular complexity index is 125. The summed E-state index contributed by atoms with van der Waals surface area (Å²) in [5, 5.41) is 33.4. The van der Waals surface area contributed by atoms with Gasteiger partial charge in [0, 0.05) is 0 Å². The number of aliphatic hydroxyl groups is 2. The van der Waals surface area contributed by atoms with Crippen molar-refractivity contribution in [1.82, 2.24) is 0 Å². The molecule has 0 amide bonds. The zero-order chi connectivity index (χ0) is 9.98. The Kier molecular flexibility index (Phi) is 19.7. The molecular weight excluding hydrogens is 199 g/mol. The van der Waals surface area contributed by atoms with E-state index < -0.39 is 25.9 Å². The predicted molar refractivity (Wildman–Crippen MR) is 28.2 cm³/mol. The molecule has 72 valence electrons. The maximum Gasteiger partial charge on any atom is 1.00 e. The SMILES string of the molecule is O=C([O-])OCO.O=C([O-])OCO.[H+].[Na+]. The van der Waals surface area contributed by atoms with Gasteiger partial charge in [-0.3, -0.25) is 0 Å². The molecule has 0 saturated heterocycles. The maximum atomic E-state index is 9.11. The van der Waals surface area contributed by atoms with Crippen LogP contribution in [0.25, 0.3) is 0 Å². The van der Waals surface area contributed by atoms with E-state index in [-0.39, 0.29) is 31.0 Å². The Morgan fingerprint density at radius 1 is 1.08 bits per heavy atom. The Balaban J connectivity index is -0.0000000625. The average molecular weight is 206 g/mol. The fourth-order valence-corrected chi connectivity index (χ4v) is 0.105. The van der Waals surface area contributed by atoms with Crippen LogP contribution in [0.1, 0.15) is 1.43 Å². The van der Waals surface area contributed by atoms with E-state index in [2.05, 4.69) is 9.47 Å². The largest absolute Gasteiger partial charge is 1.00 e. The van der Waals surface area contributed by atoms with Crippen LogP contribution < -0.4 is 39.8 Å². The second-order valence-corrected chi connectivity index (χ2v) is 1.05. The summed E-state index contributed by atoms with van der Waals surface area (Å²) in [6.45, 7) is -1.66. The van der Waals surface area contributed by atoms with Crippen LogP contribution in [0.5, 0.6) is 0 Å². The first kappa shape index (κ1) is 18.3. The van der Waals surface area contributed by atoms with Crippen molar-refractivity contribution in [3.8, 4) is 0 Å². The summed E-state index contributed by atoms with van der Waals surface area (Å²) in [5.41, 5.74) is 0. The van der Waals surface area contributed by atoms with Crippen LogP contribution in [0, 0.1) is 0 Å². The number of carboxylic acid groups (broad SMARTS) is 2. The molecule has 2 N–H and O–H groups in total. The molecule has 0 unspecified atom stereocenters. The molecule has 0 radical (unpaired) electrons. The van der Waals surface area contributed by atoms with Gasteiger partial charge in [0.15, 0.2) is 0 Å². The summed E-state index contributed by atoms with van der Waals surface area (Å²) in [6.07, 6.45) is -3.42. The molecule has 13 heavy (non-hydrogen) atoms. The van der Waals surface area contributed by atoms with Gasteiger partial charge in [-0.25, -0.2) is 0 Å². The Hall–Kier alpha value is -0.540. The van der Waals surface area contributed by atoms with Crippen molar-refractivity contribution < 1.29 is 70.5 Å². The van der Waals surface area contributed by atoms with Gasteiger partial charge in [-0.1, -0.05) is 0 Å². The van der Waals surface area contributed by atoms with Crippen molar-refractivity contribution in [2.45, 2.75) is 0 Å². The third-order valence-corrected chi connectivity index (χ3v) is 0.365. The monoisotopic (exact) mass is 206 g/mol. The Morgan fingerprint density at radius 2 is 1.31 bits per heavy atom. The van der Waals surface area contributed by atoms with E-state index in [1.165, 1.54) is 0 Å². The van der Waals surface area contributed by atoms with Crippen molar-refractivity contribution in [2.75, 3.05) is 13.6 Å².